The molecular formula is C18H12ClN3OS3. The van der Waals surface area contributed by atoms with E-state index in [1.807, 2.05) is 52.4 Å². The van der Waals surface area contributed by atoms with E-state index in [1.165, 1.54) is 23.1 Å². The normalized spacial score (nSPS) is 11.0. The van der Waals surface area contributed by atoms with E-state index >= 15 is 0 Å². The van der Waals surface area contributed by atoms with E-state index < -0.39 is 0 Å². The van der Waals surface area contributed by atoms with Crippen molar-refractivity contribution in [1.29, 1.82) is 0 Å². The number of benzene rings is 1. The van der Waals surface area contributed by atoms with Crippen LogP contribution in [0, 0.1) is 0 Å². The monoisotopic (exact) mass is 417 g/mol. The molecule has 0 amide bonds. The minimum atomic E-state index is 0.0344. The van der Waals surface area contributed by atoms with E-state index in [2.05, 4.69) is 10.2 Å². The van der Waals surface area contributed by atoms with Crippen LogP contribution in [0.5, 0.6) is 0 Å². The van der Waals surface area contributed by atoms with Gasteiger partial charge in [-0.15, -0.1) is 32.9 Å². The Bertz CT molecular complexity index is 1030. The van der Waals surface area contributed by atoms with Gasteiger partial charge in [0.15, 0.2) is 16.8 Å². The molecule has 0 unspecified atom stereocenters. The van der Waals surface area contributed by atoms with Crippen molar-refractivity contribution in [3.8, 4) is 16.4 Å². The average Bonchev–Trinajstić information content (AvgIpc) is 3.40. The summed E-state index contributed by atoms with van der Waals surface area (Å²) in [5, 5.41) is 11.4. The average molecular weight is 418 g/mol. The lowest BCUT2D eigenvalue weighted by molar-refractivity contribution is 0.102. The van der Waals surface area contributed by atoms with E-state index in [-0.39, 0.29) is 11.5 Å². The lowest BCUT2D eigenvalue weighted by atomic mass is 10.3. The zero-order chi connectivity index (χ0) is 17.9. The second-order valence-corrected chi connectivity index (χ2v) is 8.88. The molecule has 0 spiro atoms. The first-order chi connectivity index (χ1) is 12.7. The van der Waals surface area contributed by atoms with Gasteiger partial charge >= 0.3 is 0 Å². The van der Waals surface area contributed by atoms with Crippen molar-refractivity contribution in [3.63, 3.8) is 0 Å². The Labute approximate surface area is 167 Å². The maximum absolute atomic E-state index is 12.4. The molecule has 130 valence electrons. The Hall–Kier alpha value is -1.93. The predicted octanol–water partition coefficient (Wildman–Crippen LogP) is 5.69. The number of carbonyl (C=O) groups excluding carboxylic acids is 1. The number of Topliss-reactive ketones (excluding diaryl/α,β-unsaturated/α-hetero) is 1. The predicted molar refractivity (Wildman–Crippen MR) is 109 cm³/mol. The summed E-state index contributed by atoms with van der Waals surface area (Å²) in [6.45, 7) is 0. The van der Waals surface area contributed by atoms with Crippen molar-refractivity contribution in [2.45, 2.75) is 5.16 Å². The van der Waals surface area contributed by atoms with Gasteiger partial charge in [-0.1, -0.05) is 47.6 Å². The van der Waals surface area contributed by atoms with Gasteiger partial charge in [0.2, 0.25) is 0 Å². The second-order valence-electron chi connectivity index (χ2n) is 5.27. The quantitative estimate of drug-likeness (QED) is 0.299. The molecule has 8 heteroatoms. The third-order valence-electron chi connectivity index (χ3n) is 3.57. The van der Waals surface area contributed by atoms with Crippen LogP contribution in [0.3, 0.4) is 0 Å². The Morgan fingerprint density at radius 1 is 1.08 bits per heavy atom. The van der Waals surface area contributed by atoms with E-state index in [1.54, 1.807) is 23.5 Å². The van der Waals surface area contributed by atoms with Crippen molar-refractivity contribution < 1.29 is 4.79 Å². The molecule has 0 atom stereocenters. The number of thioether (sulfide) groups is 1. The zero-order valence-electron chi connectivity index (χ0n) is 13.3. The number of thiophene rings is 2. The fourth-order valence-corrected chi connectivity index (χ4v) is 5.01. The van der Waals surface area contributed by atoms with Crippen molar-refractivity contribution in [2.24, 2.45) is 0 Å². The molecule has 3 heterocycles. The fourth-order valence-electron chi connectivity index (χ4n) is 2.40. The highest BCUT2D eigenvalue weighted by Crippen LogP contribution is 2.31. The Kier molecular flexibility index (Phi) is 5.21. The molecule has 1 aromatic carbocycles. The summed E-state index contributed by atoms with van der Waals surface area (Å²) < 4.78 is 2.61. The number of hydrogen-bond donors (Lipinski definition) is 0. The summed E-state index contributed by atoms with van der Waals surface area (Å²) in [5.41, 5.74) is 0.968. The molecule has 0 aliphatic carbocycles. The van der Waals surface area contributed by atoms with E-state index in [9.17, 15) is 4.79 Å². The smallest absolute Gasteiger partial charge is 0.196 e. The summed E-state index contributed by atoms with van der Waals surface area (Å²) in [6, 6.07) is 17.4. The minimum absolute atomic E-state index is 0.0344. The van der Waals surface area contributed by atoms with Crippen molar-refractivity contribution in [1.82, 2.24) is 14.8 Å². The number of aromatic nitrogens is 3. The topological polar surface area (TPSA) is 47.8 Å². The van der Waals surface area contributed by atoms with Crippen LogP contribution in [0.4, 0.5) is 0 Å². The maximum Gasteiger partial charge on any atom is 0.196 e. The van der Waals surface area contributed by atoms with Crippen LogP contribution in [0.25, 0.3) is 16.4 Å². The highest BCUT2D eigenvalue weighted by Gasteiger charge is 2.18. The molecule has 4 nitrogen and oxygen atoms in total. The molecule has 3 aromatic heterocycles. The molecule has 4 aromatic rings. The van der Waals surface area contributed by atoms with Crippen LogP contribution < -0.4 is 0 Å². The SMILES string of the molecule is O=C(CSc1nnc(-c2cccs2)n1-c1ccccc1)c1ccc(Cl)s1. The van der Waals surface area contributed by atoms with Gasteiger partial charge in [0.25, 0.3) is 0 Å². The molecule has 0 saturated heterocycles. The number of halogens is 1. The van der Waals surface area contributed by atoms with Gasteiger partial charge in [-0.25, -0.2) is 0 Å². The Morgan fingerprint density at radius 3 is 2.62 bits per heavy atom. The third kappa shape index (κ3) is 3.61. The number of rotatable bonds is 6. The van der Waals surface area contributed by atoms with Gasteiger partial charge in [0.05, 0.1) is 19.8 Å². The lowest BCUT2D eigenvalue weighted by Crippen LogP contribution is -2.03. The van der Waals surface area contributed by atoms with E-state index in [0.29, 0.717) is 14.4 Å². The third-order valence-corrected chi connectivity index (χ3v) is 6.64. The van der Waals surface area contributed by atoms with Gasteiger partial charge in [-0.3, -0.25) is 9.36 Å². The summed E-state index contributed by atoms with van der Waals surface area (Å²) in [4.78, 5) is 14.1. The zero-order valence-corrected chi connectivity index (χ0v) is 16.5. The van der Waals surface area contributed by atoms with Crippen LogP contribution in [-0.4, -0.2) is 26.3 Å². The van der Waals surface area contributed by atoms with Crippen LogP contribution >= 0.6 is 46.0 Å². The van der Waals surface area contributed by atoms with Gasteiger partial charge < -0.3 is 0 Å². The highest BCUT2D eigenvalue weighted by atomic mass is 35.5. The van der Waals surface area contributed by atoms with Crippen molar-refractivity contribution in [3.05, 3.63) is 69.2 Å². The van der Waals surface area contributed by atoms with Crippen LogP contribution in [0.15, 0.2) is 65.1 Å². The second kappa shape index (κ2) is 7.75. The lowest BCUT2D eigenvalue weighted by Gasteiger charge is -2.09. The Morgan fingerprint density at radius 2 is 1.92 bits per heavy atom. The maximum atomic E-state index is 12.4. The molecule has 0 fully saturated rings. The van der Waals surface area contributed by atoms with Gasteiger partial charge in [0, 0.05) is 5.69 Å². The van der Waals surface area contributed by atoms with Gasteiger partial charge in [0.1, 0.15) is 0 Å². The molecule has 0 saturated carbocycles. The molecule has 0 radical (unpaired) electrons. The largest absolute Gasteiger partial charge is 0.292 e. The summed E-state index contributed by atoms with van der Waals surface area (Å²) in [5.74, 6) is 1.10. The molecule has 0 bridgehead atoms. The number of carbonyl (C=O) groups is 1. The Balaban J connectivity index is 1.65. The highest BCUT2D eigenvalue weighted by molar-refractivity contribution is 7.99. The van der Waals surface area contributed by atoms with E-state index in [4.69, 9.17) is 11.6 Å². The summed E-state index contributed by atoms with van der Waals surface area (Å²) in [6.07, 6.45) is 0. The summed E-state index contributed by atoms with van der Waals surface area (Å²) in [7, 11) is 0. The number of para-hydroxylation sites is 1. The molecule has 0 N–H and O–H groups in total. The molecule has 4 rings (SSSR count). The number of hydrogen-bond acceptors (Lipinski definition) is 6. The molecular weight excluding hydrogens is 406 g/mol. The first-order valence-electron chi connectivity index (χ1n) is 7.68. The van der Waals surface area contributed by atoms with Crippen molar-refractivity contribution >= 4 is 51.8 Å². The molecule has 0 aliphatic heterocycles. The first kappa shape index (κ1) is 17.5. The number of ketones is 1. The minimum Gasteiger partial charge on any atom is -0.292 e. The summed E-state index contributed by atoms with van der Waals surface area (Å²) >= 11 is 10.2. The number of nitrogens with zero attached hydrogens (tertiary/aromatic N) is 3. The van der Waals surface area contributed by atoms with Gasteiger partial charge in [-0.2, -0.15) is 0 Å². The molecule has 26 heavy (non-hydrogen) atoms. The van der Waals surface area contributed by atoms with Gasteiger partial charge in [-0.05, 0) is 35.7 Å². The van der Waals surface area contributed by atoms with E-state index in [0.717, 1.165) is 16.4 Å². The fraction of sp³-hybridized carbons (Fsp3) is 0.0556. The van der Waals surface area contributed by atoms with Crippen LogP contribution in [0.1, 0.15) is 9.67 Å². The molecule has 0 aliphatic rings. The first-order valence-corrected chi connectivity index (χ1v) is 10.7. The van der Waals surface area contributed by atoms with Crippen molar-refractivity contribution in [2.75, 3.05) is 5.75 Å². The van der Waals surface area contributed by atoms with Crippen LogP contribution in [0.2, 0.25) is 4.34 Å². The van der Waals surface area contributed by atoms with Crippen LogP contribution in [-0.2, 0) is 0 Å². The standard InChI is InChI=1S/C18H12ClN3OS3/c19-16-9-8-14(26-16)13(23)11-25-18-21-20-17(15-7-4-10-24-15)22(18)12-5-2-1-3-6-12/h1-10H,11H2.